The molecule has 0 fully saturated rings. The van der Waals surface area contributed by atoms with Gasteiger partial charge in [0.2, 0.25) is 0 Å². The second-order valence-corrected chi connectivity index (χ2v) is 5.53. The molecule has 1 atom stereocenters. The fourth-order valence-corrected chi connectivity index (χ4v) is 3.14. The summed E-state index contributed by atoms with van der Waals surface area (Å²) in [5, 5.41) is 0. The van der Waals surface area contributed by atoms with Crippen molar-refractivity contribution in [1.82, 2.24) is 0 Å². The average molecular weight is 226 g/mol. The number of hydrogen-bond donors (Lipinski definition) is 1. The Morgan fingerprint density at radius 2 is 2.07 bits per heavy atom. The van der Waals surface area contributed by atoms with E-state index in [1.165, 1.54) is 5.56 Å². The number of hydrogen-bond acceptors (Lipinski definition) is 2. The predicted molar refractivity (Wildman–Crippen MR) is 58.5 cm³/mol. The SMILES string of the molecule is O=S(=O)(O)CC1CCCc2ccccc21. The summed E-state index contributed by atoms with van der Waals surface area (Å²) < 4.78 is 30.6. The van der Waals surface area contributed by atoms with E-state index >= 15 is 0 Å². The Morgan fingerprint density at radius 1 is 1.33 bits per heavy atom. The van der Waals surface area contributed by atoms with Crippen molar-refractivity contribution in [3.8, 4) is 0 Å². The molecule has 1 aromatic rings. The first kappa shape index (κ1) is 10.6. The van der Waals surface area contributed by atoms with Gasteiger partial charge < -0.3 is 0 Å². The van der Waals surface area contributed by atoms with Gasteiger partial charge in [0.25, 0.3) is 10.1 Å². The molecule has 2 rings (SSSR count). The molecule has 0 radical (unpaired) electrons. The Kier molecular flexibility index (Phi) is 2.80. The van der Waals surface area contributed by atoms with E-state index in [2.05, 4.69) is 0 Å². The maximum atomic E-state index is 10.9. The Morgan fingerprint density at radius 3 is 2.80 bits per heavy atom. The second-order valence-electron chi connectivity index (χ2n) is 4.04. The molecule has 0 heterocycles. The van der Waals surface area contributed by atoms with Gasteiger partial charge in [0, 0.05) is 5.92 Å². The minimum Gasteiger partial charge on any atom is -0.286 e. The van der Waals surface area contributed by atoms with Crippen LogP contribution >= 0.6 is 0 Å². The molecular weight excluding hydrogens is 212 g/mol. The van der Waals surface area contributed by atoms with Gasteiger partial charge in [0.1, 0.15) is 0 Å². The first-order valence-corrected chi connectivity index (χ1v) is 6.70. The van der Waals surface area contributed by atoms with Crippen LogP contribution in [0.5, 0.6) is 0 Å². The minimum atomic E-state index is -3.87. The molecular formula is C11H14O3S. The molecule has 3 nitrogen and oxygen atoms in total. The van der Waals surface area contributed by atoms with Crippen LogP contribution in [0.1, 0.15) is 29.9 Å². The first-order chi connectivity index (χ1) is 7.06. The van der Waals surface area contributed by atoms with Crippen LogP contribution < -0.4 is 0 Å². The molecule has 1 unspecified atom stereocenters. The number of benzene rings is 1. The lowest BCUT2D eigenvalue weighted by Gasteiger charge is -2.24. The van der Waals surface area contributed by atoms with Gasteiger partial charge in [-0.1, -0.05) is 24.3 Å². The van der Waals surface area contributed by atoms with Crippen molar-refractivity contribution in [3.05, 3.63) is 35.4 Å². The van der Waals surface area contributed by atoms with Crippen molar-refractivity contribution >= 4 is 10.1 Å². The molecule has 1 aliphatic rings. The molecule has 0 saturated carbocycles. The third-order valence-corrected chi connectivity index (χ3v) is 3.73. The average Bonchev–Trinajstić information content (AvgIpc) is 2.16. The van der Waals surface area contributed by atoms with Crippen LogP contribution in [0.3, 0.4) is 0 Å². The predicted octanol–water partition coefficient (Wildman–Crippen LogP) is 1.99. The molecule has 0 saturated heterocycles. The summed E-state index contributed by atoms with van der Waals surface area (Å²) in [6.45, 7) is 0. The fourth-order valence-electron chi connectivity index (χ4n) is 2.28. The summed E-state index contributed by atoms with van der Waals surface area (Å²) in [6.07, 6.45) is 2.85. The summed E-state index contributed by atoms with van der Waals surface area (Å²) in [7, 11) is -3.87. The van der Waals surface area contributed by atoms with E-state index in [-0.39, 0.29) is 11.7 Å². The Balaban J connectivity index is 2.30. The largest absolute Gasteiger partial charge is 0.286 e. The van der Waals surface area contributed by atoms with Gasteiger partial charge >= 0.3 is 0 Å². The Hall–Kier alpha value is -0.870. The zero-order valence-electron chi connectivity index (χ0n) is 8.39. The van der Waals surface area contributed by atoms with Crippen LogP contribution in [0.25, 0.3) is 0 Å². The molecule has 4 heteroatoms. The standard InChI is InChI=1S/C11H14O3S/c12-15(13,14)8-10-6-3-5-9-4-1-2-7-11(9)10/h1-2,4,7,10H,3,5-6,8H2,(H,12,13,14). The van der Waals surface area contributed by atoms with Crippen molar-refractivity contribution < 1.29 is 13.0 Å². The molecule has 0 aromatic heterocycles. The zero-order valence-corrected chi connectivity index (χ0v) is 9.20. The number of aryl methyl sites for hydroxylation is 1. The molecule has 1 aliphatic carbocycles. The summed E-state index contributed by atoms with van der Waals surface area (Å²) in [5.41, 5.74) is 2.30. The quantitative estimate of drug-likeness (QED) is 0.785. The lowest BCUT2D eigenvalue weighted by Crippen LogP contribution is -2.18. The molecule has 1 aromatic carbocycles. The highest BCUT2D eigenvalue weighted by molar-refractivity contribution is 7.85. The smallest absolute Gasteiger partial charge is 0.265 e. The molecule has 0 aliphatic heterocycles. The van der Waals surface area contributed by atoms with E-state index in [4.69, 9.17) is 4.55 Å². The highest BCUT2D eigenvalue weighted by atomic mass is 32.2. The van der Waals surface area contributed by atoms with E-state index < -0.39 is 10.1 Å². The maximum absolute atomic E-state index is 10.9. The number of rotatable bonds is 2. The molecule has 1 N–H and O–H groups in total. The number of fused-ring (bicyclic) bond motifs is 1. The van der Waals surface area contributed by atoms with Crippen LogP contribution in [-0.4, -0.2) is 18.7 Å². The monoisotopic (exact) mass is 226 g/mol. The van der Waals surface area contributed by atoms with Crippen LogP contribution in [-0.2, 0) is 16.5 Å². The van der Waals surface area contributed by atoms with Gasteiger partial charge in [-0.3, -0.25) is 4.55 Å². The van der Waals surface area contributed by atoms with E-state index in [0.29, 0.717) is 0 Å². The Bertz CT molecular complexity index is 451. The topological polar surface area (TPSA) is 54.4 Å². The zero-order chi connectivity index (χ0) is 10.9. The summed E-state index contributed by atoms with van der Waals surface area (Å²) >= 11 is 0. The van der Waals surface area contributed by atoms with Crippen molar-refractivity contribution in [2.75, 3.05) is 5.75 Å². The van der Waals surface area contributed by atoms with Crippen molar-refractivity contribution in [1.29, 1.82) is 0 Å². The lowest BCUT2D eigenvalue weighted by molar-refractivity contribution is 0.469. The normalized spacial score (nSPS) is 21.0. The van der Waals surface area contributed by atoms with E-state index in [0.717, 1.165) is 24.8 Å². The van der Waals surface area contributed by atoms with Crippen LogP contribution in [0, 0.1) is 0 Å². The third kappa shape index (κ3) is 2.58. The highest BCUT2D eigenvalue weighted by Gasteiger charge is 2.23. The van der Waals surface area contributed by atoms with E-state index in [1.54, 1.807) is 0 Å². The van der Waals surface area contributed by atoms with Crippen LogP contribution in [0.2, 0.25) is 0 Å². The Labute approximate surface area is 89.9 Å². The molecule has 0 amide bonds. The van der Waals surface area contributed by atoms with Gasteiger partial charge in [-0.25, -0.2) is 0 Å². The van der Waals surface area contributed by atoms with Crippen molar-refractivity contribution in [2.45, 2.75) is 25.2 Å². The van der Waals surface area contributed by atoms with Gasteiger partial charge in [0.15, 0.2) is 0 Å². The molecule has 0 bridgehead atoms. The van der Waals surface area contributed by atoms with Gasteiger partial charge in [-0.15, -0.1) is 0 Å². The van der Waals surface area contributed by atoms with Crippen LogP contribution in [0.15, 0.2) is 24.3 Å². The maximum Gasteiger partial charge on any atom is 0.265 e. The highest BCUT2D eigenvalue weighted by Crippen LogP contribution is 2.32. The summed E-state index contributed by atoms with van der Waals surface area (Å²) in [5.74, 6) is -0.186. The van der Waals surface area contributed by atoms with E-state index in [9.17, 15) is 8.42 Å². The lowest BCUT2D eigenvalue weighted by atomic mass is 9.84. The minimum absolute atomic E-state index is 0.0371. The van der Waals surface area contributed by atoms with Crippen molar-refractivity contribution in [3.63, 3.8) is 0 Å². The van der Waals surface area contributed by atoms with Gasteiger partial charge in [0.05, 0.1) is 5.75 Å². The van der Waals surface area contributed by atoms with Gasteiger partial charge in [-0.2, -0.15) is 8.42 Å². The summed E-state index contributed by atoms with van der Waals surface area (Å²) in [4.78, 5) is 0. The van der Waals surface area contributed by atoms with Gasteiger partial charge in [-0.05, 0) is 30.4 Å². The summed E-state index contributed by atoms with van der Waals surface area (Å²) in [6, 6.07) is 7.88. The van der Waals surface area contributed by atoms with Crippen LogP contribution in [0.4, 0.5) is 0 Å². The molecule has 82 valence electrons. The third-order valence-electron chi connectivity index (χ3n) is 2.91. The first-order valence-electron chi connectivity index (χ1n) is 5.09. The molecule has 15 heavy (non-hydrogen) atoms. The fraction of sp³-hybridized carbons (Fsp3) is 0.455. The molecule has 0 spiro atoms. The van der Waals surface area contributed by atoms with E-state index in [1.807, 2.05) is 24.3 Å². The van der Waals surface area contributed by atoms with Crippen molar-refractivity contribution in [2.24, 2.45) is 0 Å². The second kappa shape index (κ2) is 3.94.